The first-order valence-electron chi connectivity index (χ1n) is 11.2. The number of unbranched alkanes of at least 4 members (excludes halogenated alkanes) is 1. The van der Waals surface area contributed by atoms with Crippen LogP contribution in [-0.2, 0) is 16.0 Å². The van der Waals surface area contributed by atoms with Gasteiger partial charge in [0.2, 0.25) is 5.91 Å². The van der Waals surface area contributed by atoms with Crippen molar-refractivity contribution in [2.45, 2.75) is 63.5 Å². The van der Waals surface area contributed by atoms with Gasteiger partial charge in [-0.1, -0.05) is 60.7 Å². The number of allylic oxidation sites excluding steroid dienone is 5. The Labute approximate surface area is 179 Å². The molecule has 30 heavy (non-hydrogen) atoms. The van der Waals surface area contributed by atoms with Crippen LogP contribution >= 0.6 is 0 Å². The number of nitrogens with one attached hydrogen (secondary N) is 1. The lowest BCUT2D eigenvalue weighted by Crippen LogP contribution is -2.24. The van der Waals surface area contributed by atoms with Gasteiger partial charge in [-0.3, -0.25) is 9.59 Å². The second-order valence-corrected chi connectivity index (χ2v) is 8.36. The van der Waals surface area contributed by atoms with Crippen LogP contribution in [0, 0.1) is 11.8 Å². The maximum Gasteiger partial charge on any atom is 0.220 e. The largest absolute Gasteiger partial charge is 0.389 e. The zero-order valence-electron chi connectivity index (χ0n) is 17.6. The van der Waals surface area contributed by atoms with E-state index in [2.05, 4.69) is 29.6 Å². The van der Waals surface area contributed by atoms with E-state index in [-0.39, 0.29) is 23.5 Å². The summed E-state index contributed by atoms with van der Waals surface area (Å²) >= 11 is 0. The highest BCUT2D eigenvalue weighted by Crippen LogP contribution is 2.27. The zero-order chi connectivity index (χ0) is 21.2. The molecule has 2 N–H and O–H groups in total. The topological polar surface area (TPSA) is 66.4 Å². The normalized spacial score (nSPS) is 22.2. The molecule has 0 spiro atoms. The van der Waals surface area contributed by atoms with E-state index in [1.807, 2.05) is 36.4 Å². The van der Waals surface area contributed by atoms with E-state index in [0.717, 1.165) is 32.1 Å². The van der Waals surface area contributed by atoms with Crippen LogP contribution in [0.2, 0.25) is 0 Å². The van der Waals surface area contributed by atoms with Crippen molar-refractivity contribution in [3.63, 3.8) is 0 Å². The first kappa shape index (κ1) is 22.2. The Morgan fingerprint density at radius 3 is 2.77 bits per heavy atom. The SMILES string of the molecule is O=C(CCCC=CC[C@H]1C(=O)C=C[C@@H]1C=C[C@@H](O)CCc1ccccc1)NC1CC1. The fraction of sp³-hybridized carbons (Fsp3) is 0.462. The molecule has 0 saturated heterocycles. The molecule has 0 heterocycles. The third-order valence-corrected chi connectivity index (χ3v) is 5.71. The molecule has 0 aromatic heterocycles. The molecular formula is C26H33NO3. The Bertz CT molecular complexity index is 777. The Morgan fingerprint density at radius 1 is 1.20 bits per heavy atom. The molecule has 0 radical (unpaired) electrons. The number of aliphatic hydroxyl groups is 1. The first-order chi connectivity index (χ1) is 14.6. The molecule has 0 unspecified atom stereocenters. The highest BCUT2D eigenvalue weighted by Gasteiger charge is 2.27. The summed E-state index contributed by atoms with van der Waals surface area (Å²) in [6.45, 7) is 0. The molecule has 1 aromatic rings. The Hall–Kier alpha value is -2.46. The molecule has 3 rings (SSSR count). The predicted molar refractivity (Wildman–Crippen MR) is 120 cm³/mol. The summed E-state index contributed by atoms with van der Waals surface area (Å²) in [4.78, 5) is 23.8. The molecule has 3 atom stereocenters. The molecule has 160 valence electrons. The summed E-state index contributed by atoms with van der Waals surface area (Å²) in [6, 6.07) is 10.6. The summed E-state index contributed by atoms with van der Waals surface area (Å²) in [6.07, 6.45) is 17.7. The molecule has 1 saturated carbocycles. The van der Waals surface area contributed by atoms with E-state index in [0.29, 0.717) is 25.3 Å². The zero-order valence-corrected chi connectivity index (χ0v) is 17.6. The van der Waals surface area contributed by atoms with E-state index in [1.165, 1.54) is 5.56 Å². The molecular weight excluding hydrogens is 374 g/mol. The van der Waals surface area contributed by atoms with Crippen LogP contribution in [0.1, 0.15) is 50.5 Å². The summed E-state index contributed by atoms with van der Waals surface area (Å²) in [5.41, 5.74) is 1.22. The number of rotatable bonds is 12. The van der Waals surface area contributed by atoms with Crippen molar-refractivity contribution in [2.75, 3.05) is 0 Å². The van der Waals surface area contributed by atoms with Crippen LogP contribution in [0.3, 0.4) is 0 Å². The smallest absolute Gasteiger partial charge is 0.220 e. The van der Waals surface area contributed by atoms with Crippen molar-refractivity contribution in [3.05, 3.63) is 72.4 Å². The van der Waals surface area contributed by atoms with Crippen LogP contribution in [0.4, 0.5) is 0 Å². The summed E-state index contributed by atoms with van der Waals surface area (Å²) in [7, 11) is 0. The molecule has 1 aromatic carbocycles. The Morgan fingerprint density at radius 2 is 2.00 bits per heavy atom. The third-order valence-electron chi connectivity index (χ3n) is 5.71. The maximum atomic E-state index is 12.2. The van der Waals surface area contributed by atoms with Crippen molar-refractivity contribution in [1.29, 1.82) is 0 Å². The highest BCUT2D eigenvalue weighted by atomic mass is 16.3. The minimum atomic E-state index is -0.507. The van der Waals surface area contributed by atoms with E-state index in [4.69, 9.17) is 0 Å². The van der Waals surface area contributed by atoms with Gasteiger partial charge >= 0.3 is 0 Å². The minimum Gasteiger partial charge on any atom is -0.389 e. The van der Waals surface area contributed by atoms with Crippen molar-refractivity contribution in [2.24, 2.45) is 11.8 Å². The van der Waals surface area contributed by atoms with Crippen molar-refractivity contribution >= 4 is 11.7 Å². The number of hydrogen-bond donors (Lipinski definition) is 2. The van der Waals surface area contributed by atoms with Gasteiger partial charge in [0.25, 0.3) is 0 Å². The Kier molecular flexibility index (Phi) is 8.64. The number of hydrogen-bond acceptors (Lipinski definition) is 3. The van der Waals surface area contributed by atoms with Crippen molar-refractivity contribution in [3.8, 4) is 0 Å². The minimum absolute atomic E-state index is 0.0397. The fourth-order valence-corrected chi connectivity index (χ4v) is 3.71. The average molecular weight is 408 g/mol. The molecule has 0 bridgehead atoms. The number of benzene rings is 1. The van der Waals surface area contributed by atoms with Crippen LogP contribution in [0.15, 0.2) is 66.8 Å². The molecule has 1 fully saturated rings. The first-order valence-corrected chi connectivity index (χ1v) is 11.2. The molecule has 0 aliphatic heterocycles. The lowest BCUT2D eigenvalue weighted by Gasteiger charge is -2.13. The van der Waals surface area contributed by atoms with Crippen LogP contribution in [-0.4, -0.2) is 28.9 Å². The van der Waals surface area contributed by atoms with E-state index >= 15 is 0 Å². The number of aliphatic hydroxyl groups excluding tert-OH is 1. The number of ketones is 1. The van der Waals surface area contributed by atoms with Gasteiger partial charge in [-0.25, -0.2) is 0 Å². The monoisotopic (exact) mass is 407 g/mol. The van der Waals surface area contributed by atoms with Gasteiger partial charge in [0.05, 0.1) is 6.10 Å². The van der Waals surface area contributed by atoms with Gasteiger partial charge in [-0.05, 0) is 56.6 Å². The number of aryl methyl sites for hydroxylation is 1. The van der Waals surface area contributed by atoms with Gasteiger partial charge in [0.15, 0.2) is 5.78 Å². The van der Waals surface area contributed by atoms with Gasteiger partial charge in [-0.15, -0.1) is 0 Å². The van der Waals surface area contributed by atoms with E-state index in [1.54, 1.807) is 6.08 Å². The van der Waals surface area contributed by atoms with Gasteiger partial charge in [0, 0.05) is 24.3 Å². The standard InChI is InChI=1S/C26H33NO3/c28-23(17-12-20-8-4-3-5-9-20)18-13-21-14-19-25(29)24(21)10-6-1-2-7-11-26(30)27-22-15-16-22/h1,3-6,8-9,13-14,18-19,21-24,28H,2,7,10-12,15-17H2,(H,27,30)/t21-,23-,24+/m0/s1. The number of carbonyl (C=O) groups is 2. The average Bonchev–Trinajstić information content (AvgIpc) is 3.50. The molecule has 4 heteroatoms. The lowest BCUT2D eigenvalue weighted by molar-refractivity contribution is -0.121. The van der Waals surface area contributed by atoms with E-state index < -0.39 is 6.10 Å². The van der Waals surface area contributed by atoms with Crippen LogP contribution in [0.25, 0.3) is 0 Å². The second-order valence-electron chi connectivity index (χ2n) is 8.36. The van der Waals surface area contributed by atoms with Gasteiger partial charge < -0.3 is 10.4 Å². The third kappa shape index (κ3) is 7.75. The summed E-state index contributed by atoms with van der Waals surface area (Å²) < 4.78 is 0. The quantitative estimate of drug-likeness (QED) is 0.401. The summed E-state index contributed by atoms with van der Waals surface area (Å²) in [5, 5.41) is 13.3. The van der Waals surface area contributed by atoms with Crippen LogP contribution in [0.5, 0.6) is 0 Å². The second kappa shape index (κ2) is 11.7. The predicted octanol–water partition coefficient (Wildman–Crippen LogP) is 4.30. The van der Waals surface area contributed by atoms with Crippen LogP contribution < -0.4 is 5.32 Å². The molecule has 2 aliphatic rings. The van der Waals surface area contributed by atoms with Gasteiger partial charge in [-0.2, -0.15) is 0 Å². The number of carbonyl (C=O) groups excluding carboxylic acids is 2. The molecule has 1 amide bonds. The Balaban J connectivity index is 1.35. The lowest BCUT2D eigenvalue weighted by atomic mass is 9.90. The van der Waals surface area contributed by atoms with Crippen molar-refractivity contribution < 1.29 is 14.7 Å². The van der Waals surface area contributed by atoms with Gasteiger partial charge in [0.1, 0.15) is 0 Å². The van der Waals surface area contributed by atoms with Crippen molar-refractivity contribution in [1.82, 2.24) is 5.32 Å². The van der Waals surface area contributed by atoms with E-state index in [9.17, 15) is 14.7 Å². The number of amides is 1. The maximum absolute atomic E-state index is 12.2. The fourth-order valence-electron chi connectivity index (χ4n) is 3.71. The molecule has 4 nitrogen and oxygen atoms in total. The highest BCUT2D eigenvalue weighted by molar-refractivity contribution is 5.95. The summed E-state index contributed by atoms with van der Waals surface area (Å²) in [5.74, 6) is 0.254. The molecule has 2 aliphatic carbocycles.